The molecule has 8 heteroatoms. The lowest BCUT2D eigenvalue weighted by Crippen LogP contribution is -2.51. The van der Waals surface area contributed by atoms with Gasteiger partial charge in [0.25, 0.3) is 0 Å². The van der Waals surface area contributed by atoms with Crippen LogP contribution in [0.2, 0.25) is 0 Å². The third-order valence-corrected chi connectivity index (χ3v) is 4.82. The molecule has 0 radical (unpaired) electrons. The van der Waals surface area contributed by atoms with Gasteiger partial charge in [-0.3, -0.25) is 4.79 Å². The predicted octanol–water partition coefficient (Wildman–Crippen LogP) is 0.576. The van der Waals surface area contributed by atoms with Crippen LogP contribution in [0, 0.1) is 0 Å². The van der Waals surface area contributed by atoms with E-state index in [-0.39, 0.29) is 5.91 Å². The number of carbonyl (C=O) groups excluding carboxylic acids is 1. The average Bonchev–Trinajstić information content (AvgIpc) is 3.07. The first-order chi connectivity index (χ1) is 11.3. The van der Waals surface area contributed by atoms with Crippen LogP contribution in [0.5, 0.6) is 0 Å². The van der Waals surface area contributed by atoms with Crippen molar-refractivity contribution in [2.45, 2.75) is 0 Å². The van der Waals surface area contributed by atoms with Crippen LogP contribution >= 0.6 is 11.3 Å². The number of hydrogen-bond acceptors (Lipinski definition) is 7. The van der Waals surface area contributed by atoms with E-state index < -0.39 is 0 Å². The van der Waals surface area contributed by atoms with Gasteiger partial charge in [0.2, 0.25) is 5.91 Å². The minimum Gasteiger partial charge on any atom is -0.383 e. The largest absolute Gasteiger partial charge is 0.383 e. The van der Waals surface area contributed by atoms with Gasteiger partial charge in [0.15, 0.2) is 0 Å². The van der Waals surface area contributed by atoms with Crippen LogP contribution in [0.15, 0.2) is 17.8 Å². The van der Waals surface area contributed by atoms with Crippen LogP contribution in [0.25, 0.3) is 10.2 Å². The average molecular weight is 335 g/mol. The number of hydrogen-bond donors (Lipinski definition) is 1. The van der Waals surface area contributed by atoms with Crippen LogP contribution in [-0.4, -0.2) is 73.8 Å². The van der Waals surface area contributed by atoms with Crippen molar-refractivity contribution in [1.29, 1.82) is 0 Å². The summed E-state index contributed by atoms with van der Waals surface area (Å²) in [4.78, 5) is 25.0. The van der Waals surface area contributed by atoms with Gasteiger partial charge in [-0.05, 0) is 11.4 Å². The van der Waals surface area contributed by atoms with Crippen molar-refractivity contribution < 1.29 is 9.53 Å². The number of carbonyl (C=O) groups is 1. The molecule has 124 valence electrons. The lowest BCUT2D eigenvalue weighted by atomic mass is 10.3. The van der Waals surface area contributed by atoms with Gasteiger partial charge in [0.1, 0.15) is 12.1 Å². The molecule has 1 saturated heterocycles. The van der Waals surface area contributed by atoms with Crippen molar-refractivity contribution in [1.82, 2.24) is 20.2 Å². The zero-order chi connectivity index (χ0) is 16.1. The normalized spacial score (nSPS) is 15.3. The summed E-state index contributed by atoms with van der Waals surface area (Å²) in [6.07, 6.45) is 1.61. The van der Waals surface area contributed by atoms with Crippen LogP contribution in [-0.2, 0) is 9.53 Å². The lowest BCUT2D eigenvalue weighted by Gasteiger charge is -2.35. The maximum absolute atomic E-state index is 12.2. The fourth-order valence-corrected chi connectivity index (χ4v) is 3.51. The van der Waals surface area contributed by atoms with Gasteiger partial charge in [0.05, 0.1) is 23.4 Å². The second kappa shape index (κ2) is 7.67. The highest BCUT2D eigenvalue weighted by Gasteiger charge is 2.23. The molecule has 1 N–H and O–H groups in total. The quantitative estimate of drug-likeness (QED) is 0.779. The van der Waals surface area contributed by atoms with Gasteiger partial charge in [-0.2, -0.15) is 0 Å². The molecule has 0 spiro atoms. The molecule has 0 aromatic carbocycles. The number of thiophene rings is 1. The molecule has 2 aromatic rings. The monoisotopic (exact) mass is 335 g/mol. The highest BCUT2D eigenvalue weighted by atomic mass is 32.1. The number of anilines is 1. The smallest absolute Gasteiger partial charge is 0.236 e. The number of fused-ring (bicyclic) bond motifs is 1. The van der Waals surface area contributed by atoms with E-state index in [1.54, 1.807) is 24.8 Å². The summed E-state index contributed by atoms with van der Waals surface area (Å²) in [5, 5.41) is 5.13. The Labute approximate surface area is 139 Å². The Morgan fingerprint density at radius 3 is 2.96 bits per heavy atom. The predicted molar refractivity (Wildman–Crippen MR) is 91.0 cm³/mol. The van der Waals surface area contributed by atoms with E-state index in [0.717, 1.165) is 42.2 Å². The van der Waals surface area contributed by atoms with E-state index in [1.165, 1.54) is 0 Å². The van der Waals surface area contributed by atoms with Gasteiger partial charge in [0, 0.05) is 39.8 Å². The number of nitrogens with zero attached hydrogens (tertiary/aromatic N) is 4. The number of aromatic nitrogens is 2. The summed E-state index contributed by atoms with van der Waals surface area (Å²) in [6, 6.07) is 2.01. The number of nitrogens with one attached hydrogen (secondary N) is 1. The van der Waals surface area contributed by atoms with Crippen LogP contribution in [0.1, 0.15) is 0 Å². The standard InChI is InChI=1S/C15H21N5O2S/c1-22-8-3-16-10-13(21)19-4-6-20(7-5-19)15-14-12(2-9-23-14)17-11-18-15/h2,9,11,16H,3-8,10H2,1H3. The molecular formula is C15H21N5O2S. The molecule has 1 aliphatic heterocycles. The highest BCUT2D eigenvalue weighted by molar-refractivity contribution is 7.17. The maximum Gasteiger partial charge on any atom is 0.236 e. The molecule has 0 unspecified atom stereocenters. The molecule has 23 heavy (non-hydrogen) atoms. The number of amides is 1. The molecule has 0 atom stereocenters. The topological polar surface area (TPSA) is 70.6 Å². The van der Waals surface area contributed by atoms with Crippen LogP contribution < -0.4 is 10.2 Å². The molecule has 1 aliphatic rings. The molecule has 2 aromatic heterocycles. The van der Waals surface area contributed by atoms with Crippen molar-refractivity contribution in [3.63, 3.8) is 0 Å². The van der Waals surface area contributed by atoms with E-state index in [9.17, 15) is 4.79 Å². The van der Waals surface area contributed by atoms with E-state index >= 15 is 0 Å². The Kier molecular flexibility index (Phi) is 5.37. The minimum atomic E-state index is 0.143. The molecule has 3 rings (SSSR count). The third kappa shape index (κ3) is 3.77. The maximum atomic E-state index is 12.2. The van der Waals surface area contributed by atoms with Crippen molar-refractivity contribution in [2.24, 2.45) is 0 Å². The molecule has 3 heterocycles. The Hall–Kier alpha value is -1.77. The van der Waals surface area contributed by atoms with E-state index in [1.807, 2.05) is 16.3 Å². The van der Waals surface area contributed by atoms with E-state index in [2.05, 4.69) is 20.2 Å². The van der Waals surface area contributed by atoms with Gasteiger partial charge >= 0.3 is 0 Å². The second-order valence-electron chi connectivity index (χ2n) is 5.37. The molecule has 1 fully saturated rings. The number of piperazine rings is 1. The van der Waals surface area contributed by atoms with Crippen LogP contribution in [0.4, 0.5) is 5.82 Å². The van der Waals surface area contributed by atoms with Gasteiger partial charge in [-0.1, -0.05) is 0 Å². The van der Waals surface area contributed by atoms with Crippen LogP contribution in [0.3, 0.4) is 0 Å². The fraction of sp³-hybridized carbons (Fsp3) is 0.533. The van der Waals surface area contributed by atoms with Gasteiger partial charge < -0.3 is 19.9 Å². The minimum absolute atomic E-state index is 0.143. The summed E-state index contributed by atoms with van der Waals surface area (Å²) in [6.45, 7) is 4.72. The van der Waals surface area contributed by atoms with Crippen molar-refractivity contribution >= 4 is 33.3 Å². The zero-order valence-electron chi connectivity index (χ0n) is 13.2. The number of ether oxygens (including phenoxy) is 1. The number of rotatable bonds is 6. The zero-order valence-corrected chi connectivity index (χ0v) is 14.0. The van der Waals surface area contributed by atoms with Crippen molar-refractivity contribution in [3.8, 4) is 0 Å². The summed E-state index contributed by atoms with van der Waals surface area (Å²) in [5.41, 5.74) is 0.987. The Balaban J connectivity index is 1.54. The summed E-state index contributed by atoms with van der Waals surface area (Å²) < 4.78 is 6.07. The first-order valence-electron chi connectivity index (χ1n) is 7.70. The number of methoxy groups -OCH3 is 1. The molecule has 0 saturated carbocycles. The Morgan fingerprint density at radius 1 is 1.35 bits per heavy atom. The molecule has 1 amide bonds. The Morgan fingerprint density at radius 2 is 2.17 bits per heavy atom. The first kappa shape index (κ1) is 16.1. The lowest BCUT2D eigenvalue weighted by molar-refractivity contribution is -0.130. The Bertz CT molecular complexity index is 654. The summed E-state index contributed by atoms with van der Waals surface area (Å²) in [7, 11) is 1.65. The van der Waals surface area contributed by atoms with Crippen molar-refractivity contribution in [3.05, 3.63) is 17.8 Å². The summed E-state index contributed by atoms with van der Waals surface area (Å²) >= 11 is 1.66. The fourth-order valence-electron chi connectivity index (χ4n) is 2.65. The summed E-state index contributed by atoms with van der Waals surface area (Å²) in [5.74, 6) is 1.13. The highest BCUT2D eigenvalue weighted by Crippen LogP contribution is 2.28. The van der Waals surface area contributed by atoms with Gasteiger partial charge in [-0.15, -0.1) is 11.3 Å². The first-order valence-corrected chi connectivity index (χ1v) is 8.58. The van der Waals surface area contributed by atoms with E-state index in [4.69, 9.17) is 4.74 Å². The second-order valence-corrected chi connectivity index (χ2v) is 6.29. The van der Waals surface area contributed by atoms with Crippen molar-refractivity contribution in [2.75, 3.05) is 57.9 Å². The third-order valence-electron chi connectivity index (χ3n) is 3.92. The molecular weight excluding hydrogens is 314 g/mol. The SMILES string of the molecule is COCCNCC(=O)N1CCN(c2ncnc3ccsc23)CC1. The van der Waals surface area contributed by atoms with E-state index in [0.29, 0.717) is 19.7 Å². The molecule has 0 aliphatic carbocycles. The molecule has 0 bridgehead atoms. The molecule has 7 nitrogen and oxygen atoms in total. The van der Waals surface area contributed by atoms with Gasteiger partial charge in [-0.25, -0.2) is 9.97 Å².